The summed E-state index contributed by atoms with van der Waals surface area (Å²) in [5.74, 6) is 1.32. The van der Waals surface area contributed by atoms with Gasteiger partial charge in [0, 0.05) is 31.1 Å². The van der Waals surface area contributed by atoms with Crippen molar-refractivity contribution >= 4 is 11.8 Å². The van der Waals surface area contributed by atoms with Crippen molar-refractivity contribution in [1.29, 1.82) is 0 Å². The van der Waals surface area contributed by atoms with Gasteiger partial charge in [-0.25, -0.2) is 0 Å². The first-order valence-electron chi connectivity index (χ1n) is 5.51. The molecule has 1 N–H and O–H groups in total. The zero-order valence-corrected chi connectivity index (χ0v) is 10.3. The van der Waals surface area contributed by atoms with Crippen molar-refractivity contribution < 1.29 is 0 Å². The number of aryl methyl sites for hydroxylation is 1. The van der Waals surface area contributed by atoms with Gasteiger partial charge in [-0.1, -0.05) is 0 Å². The van der Waals surface area contributed by atoms with Gasteiger partial charge < -0.3 is 5.32 Å². The molecule has 1 saturated heterocycles. The van der Waals surface area contributed by atoms with Crippen LogP contribution in [0.25, 0.3) is 0 Å². The zero-order valence-electron chi connectivity index (χ0n) is 9.49. The maximum atomic E-state index is 4.16. The van der Waals surface area contributed by atoms with Gasteiger partial charge in [-0.05, 0) is 31.6 Å². The second kappa shape index (κ2) is 4.58. The van der Waals surface area contributed by atoms with E-state index in [4.69, 9.17) is 0 Å². The molecular weight excluding hydrogens is 206 g/mol. The van der Waals surface area contributed by atoms with Crippen molar-refractivity contribution in [2.24, 2.45) is 7.05 Å². The van der Waals surface area contributed by atoms with Crippen LogP contribution in [0, 0.1) is 0 Å². The van der Waals surface area contributed by atoms with Crippen LogP contribution in [-0.4, -0.2) is 26.8 Å². The molecule has 2 rings (SSSR count). The minimum atomic E-state index is 0.457. The lowest BCUT2D eigenvalue weighted by Gasteiger charge is -2.22. The summed E-state index contributed by atoms with van der Waals surface area (Å²) in [6, 6.07) is 2.07. The fourth-order valence-corrected chi connectivity index (χ4v) is 3.28. The molecule has 1 aliphatic heterocycles. The molecule has 1 unspecified atom stereocenters. The summed E-state index contributed by atoms with van der Waals surface area (Å²) in [5.41, 5.74) is 1.25. The van der Waals surface area contributed by atoms with Gasteiger partial charge in [0.1, 0.15) is 0 Å². The molecule has 1 atom stereocenters. The minimum Gasteiger partial charge on any atom is -0.310 e. The van der Waals surface area contributed by atoms with Crippen molar-refractivity contribution in [2.75, 3.05) is 12.3 Å². The number of rotatable bonds is 4. The van der Waals surface area contributed by atoms with E-state index >= 15 is 0 Å². The highest BCUT2D eigenvalue weighted by atomic mass is 32.2. The maximum absolute atomic E-state index is 4.16. The van der Waals surface area contributed by atoms with Crippen LogP contribution in [0.5, 0.6) is 0 Å². The van der Waals surface area contributed by atoms with E-state index < -0.39 is 0 Å². The van der Waals surface area contributed by atoms with Gasteiger partial charge in [-0.3, -0.25) is 4.68 Å². The molecule has 84 valence electrons. The first kappa shape index (κ1) is 11.0. The molecule has 0 aromatic carbocycles. The second-order valence-electron chi connectivity index (χ2n) is 4.45. The fourth-order valence-electron chi connectivity index (χ4n) is 2.01. The monoisotopic (exact) mass is 225 g/mol. The summed E-state index contributed by atoms with van der Waals surface area (Å²) in [4.78, 5) is 0. The first-order valence-corrected chi connectivity index (χ1v) is 6.50. The highest BCUT2D eigenvalue weighted by Crippen LogP contribution is 2.36. The molecule has 2 heterocycles. The number of thioether (sulfide) groups is 1. The molecule has 0 spiro atoms. The molecule has 1 fully saturated rings. The average Bonchev–Trinajstić information content (AvgIpc) is 2.78. The standard InChI is InChI=1S/C11H19N3S/c1-11(5-3-7-15-11)9-12-8-10-4-6-13-14(10)2/h4,6,12H,3,5,7-9H2,1-2H3. The zero-order chi connectivity index (χ0) is 10.7. The number of nitrogens with one attached hydrogen (secondary N) is 1. The molecule has 0 bridgehead atoms. The lowest BCUT2D eigenvalue weighted by atomic mass is 10.1. The van der Waals surface area contributed by atoms with E-state index in [1.807, 2.05) is 17.9 Å². The molecule has 0 radical (unpaired) electrons. The molecule has 4 heteroatoms. The van der Waals surface area contributed by atoms with Gasteiger partial charge in [0.15, 0.2) is 0 Å². The van der Waals surface area contributed by atoms with Gasteiger partial charge >= 0.3 is 0 Å². The van der Waals surface area contributed by atoms with Gasteiger partial charge in [-0.15, -0.1) is 0 Å². The van der Waals surface area contributed by atoms with Crippen molar-refractivity contribution in [2.45, 2.75) is 31.1 Å². The smallest absolute Gasteiger partial charge is 0.0518 e. The lowest BCUT2D eigenvalue weighted by molar-refractivity contribution is 0.525. The lowest BCUT2D eigenvalue weighted by Crippen LogP contribution is -2.32. The Balaban J connectivity index is 1.77. The van der Waals surface area contributed by atoms with E-state index in [1.165, 1.54) is 24.3 Å². The SMILES string of the molecule is Cn1nccc1CNCC1(C)CCCS1. The molecule has 0 saturated carbocycles. The molecule has 15 heavy (non-hydrogen) atoms. The summed E-state index contributed by atoms with van der Waals surface area (Å²) in [6.07, 6.45) is 4.56. The van der Waals surface area contributed by atoms with Crippen molar-refractivity contribution in [3.05, 3.63) is 18.0 Å². The Morgan fingerprint density at radius 1 is 1.67 bits per heavy atom. The van der Waals surface area contributed by atoms with E-state index in [1.54, 1.807) is 0 Å². The van der Waals surface area contributed by atoms with Crippen molar-refractivity contribution in [3.8, 4) is 0 Å². The highest BCUT2D eigenvalue weighted by Gasteiger charge is 2.28. The van der Waals surface area contributed by atoms with Crippen LogP contribution >= 0.6 is 11.8 Å². The second-order valence-corrected chi connectivity index (χ2v) is 6.13. The maximum Gasteiger partial charge on any atom is 0.0518 e. The van der Waals surface area contributed by atoms with Gasteiger partial charge in [0.05, 0.1) is 5.69 Å². The quantitative estimate of drug-likeness (QED) is 0.847. The number of hydrogen-bond acceptors (Lipinski definition) is 3. The Morgan fingerprint density at radius 2 is 2.53 bits per heavy atom. The number of hydrogen-bond donors (Lipinski definition) is 1. The third-order valence-electron chi connectivity index (χ3n) is 3.03. The summed E-state index contributed by atoms with van der Waals surface area (Å²) in [7, 11) is 1.99. The van der Waals surface area contributed by atoms with Crippen LogP contribution in [0.1, 0.15) is 25.5 Å². The van der Waals surface area contributed by atoms with Gasteiger partial charge in [0.2, 0.25) is 0 Å². The summed E-state index contributed by atoms with van der Waals surface area (Å²) < 4.78 is 2.38. The van der Waals surface area contributed by atoms with Crippen LogP contribution in [0.2, 0.25) is 0 Å². The number of nitrogens with zero attached hydrogens (tertiary/aromatic N) is 2. The largest absolute Gasteiger partial charge is 0.310 e. The Morgan fingerprint density at radius 3 is 3.13 bits per heavy atom. The third kappa shape index (κ3) is 2.75. The van der Waals surface area contributed by atoms with Gasteiger partial charge in [0.25, 0.3) is 0 Å². The van der Waals surface area contributed by atoms with E-state index in [0.29, 0.717) is 4.75 Å². The summed E-state index contributed by atoms with van der Waals surface area (Å²) >= 11 is 2.10. The fraction of sp³-hybridized carbons (Fsp3) is 0.727. The molecule has 0 aliphatic carbocycles. The molecule has 1 aromatic heterocycles. The molecule has 1 aromatic rings. The summed E-state index contributed by atoms with van der Waals surface area (Å²) in [6.45, 7) is 4.39. The third-order valence-corrected chi connectivity index (χ3v) is 4.57. The van der Waals surface area contributed by atoms with Crippen LogP contribution < -0.4 is 5.32 Å². The molecule has 0 amide bonds. The van der Waals surface area contributed by atoms with E-state index in [2.05, 4.69) is 35.2 Å². The summed E-state index contributed by atoms with van der Waals surface area (Å²) in [5, 5.41) is 7.69. The average molecular weight is 225 g/mol. The Hall–Kier alpha value is -0.480. The minimum absolute atomic E-state index is 0.457. The van der Waals surface area contributed by atoms with E-state index in [0.717, 1.165) is 13.1 Å². The van der Waals surface area contributed by atoms with Crippen LogP contribution in [0.15, 0.2) is 12.3 Å². The number of aromatic nitrogens is 2. The molecule has 3 nitrogen and oxygen atoms in total. The van der Waals surface area contributed by atoms with Gasteiger partial charge in [-0.2, -0.15) is 16.9 Å². The Labute approximate surface area is 95.6 Å². The molecular formula is C11H19N3S. The van der Waals surface area contributed by atoms with Crippen LogP contribution in [0.3, 0.4) is 0 Å². The topological polar surface area (TPSA) is 29.9 Å². The predicted octanol–water partition coefficient (Wildman–Crippen LogP) is 1.80. The highest BCUT2D eigenvalue weighted by molar-refractivity contribution is 8.00. The van der Waals surface area contributed by atoms with Crippen LogP contribution in [0.4, 0.5) is 0 Å². The normalized spacial score (nSPS) is 26.0. The Kier molecular flexibility index (Phi) is 3.36. The predicted molar refractivity (Wildman–Crippen MR) is 65.0 cm³/mol. The van der Waals surface area contributed by atoms with E-state index in [-0.39, 0.29) is 0 Å². The van der Waals surface area contributed by atoms with Crippen LogP contribution in [-0.2, 0) is 13.6 Å². The molecule has 1 aliphatic rings. The van der Waals surface area contributed by atoms with Crippen molar-refractivity contribution in [3.63, 3.8) is 0 Å². The first-order chi connectivity index (χ1) is 7.20. The Bertz CT molecular complexity index is 315. The van der Waals surface area contributed by atoms with E-state index in [9.17, 15) is 0 Å². The van der Waals surface area contributed by atoms with Crippen molar-refractivity contribution in [1.82, 2.24) is 15.1 Å².